The molecule has 3 aromatic rings. The molecule has 0 saturated carbocycles. The summed E-state index contributed by atoms with van der Waals surface area (Å²) in [6.45, 7) is 5.24. The number of anilines is 1. The number of esters is 1. The molecule has 138 valence electrons. The van der Waals surface area contributed by atoms with Crippen molar-refractivity contribution in [1.29, 1.82) is 0 Å². The number of rotatable bonds is 5. The first-order chi connectivity index (χ1) is 13.0. The van der Waals surface area contributed by atoms with Gasteiger partial charge in [0.2, 0.25) is 6.10 Å². The molecule has 2 aromatic carbocycles. The zero-order valence-corrected chi connectivity index (χ0v) is 15.4. The van der Waals surface area contributed by atoms with Gasteiger partial charge in [-0.05, 0) is 32.9 Å². The van der Waals surface area contributed by atoms with E-state index in [9.17, 15) is 9.59 Å². The monoisotopic (exact) mass is 364 g/mol. The maximum absolute atomic E-state index is 12.8. The molecule has 0 aliphatic rings. The predicted octanol–water partition coefficient (Wildman–Crippen LogP) is 4.14. The van der Waals surface area contributed by atoms with E-state index in [0.29, 0.717) is 22.7 Å². The van der Waals surface area contributed by atoms with E-state index in [-0.39, 0.29) is 5.56 Å². The van der Waals surface area contributed by atoms with Gasteiger partial charge in [0.05, 0.1) is 5.69 Å². The number of hydrogen-bond donors (Lipinski definition) is 1. The van der Waals surface area contributed by atoms with E-state index in [0.717, 1.165) is 5.56 Å². The zero-order chi connectivity index (χ0) is 19.4. The van der Waals surface area contributed by atoms with Crippen molar-refractivity contribution in [1.82, 2.24) is 5.16 Å². The SMILES string of the molecule is Cc1ccc(NC(=O)[C@H](OC(=O)c2c(C)noc2C)c2ccccc2)cc1. The number of aryl methyl sites for hydroxylation is 3. The van der Waals surface area contributed by atoms with Crippen LogP contribution in [0.2, 0.25) is 0 Å². The van der Waals surface area contributed by atoms with Gasteiger partial charge in [-0.15, -0.1) is 0 Å². The van der Waals surface area contributed by atoms with Gasteiger partial charge in [0.15, 0.2) is 0 Å². The van der Waals surface area contributed by atoms with Crippen molar-refractivity contribution in [3.63, 3.8) is 0 Å². The lowest BCUT2D eigenvalue weighted by molar-refractivity contribution is -0.125. The number of nitrogens with one attached hydrogen (secondary N) is 1. The first kappa shape index (κ1) is 18.4. The smallest absolute Gasteiger partial charge is 0.344 e. The molecule has 1 heterocycles. The van der Waals surface area contributed by atoms with E-state index < -0.39 is 18.0 Å². The summed E-state index contributed by atoms with van der Waals surface area (Å²) in [4.78, 5) is 25.5. The van der Waals surface area contributed by atoms with E-state index >= 15 is 0 Å². The molecular formula is C21H20N2O4. The van der Waals surface area contributed by atoms with Crippen LogP contribution in [0.5, 0.6) is 0 Å². The molecule has 0 aliphatic carbocycles. The first-order valence-electron chi connectivity index (χ1n) is 8.52. The Kier molecular flexibility index (Phi) is 5.35. The summed E-state index contributed by atoms with van der Waals surface area (Å²) in [5, 5.41) is 6.55. The molecule has 1 N–H and O–H groups in total. The highest BCUT2D eigenvalue weighted by atomic mass is 16.6. The molecule has 0 saturated heterocycles. The van der Waals surface area contributed by atoms with Gasteiger partial charge >= 0.3 is 5.97 Å². The molecule has 0 unspecified atom stereocenters. The van der Waals surface area contributed by atoms with Crippen LogP contribution in [0, 0.1) is 20.8 Å². The lowest BCUT2D eigenvalue weighted by Crippen LogP contribution is -2.26. The Morgan fingerprint density at radius 3 is 2.26 bits per heavy atom. The van der Waals surface area contributed by atoms with Gasteiger partial charge in [0, 0.05) is 11.3 Å². The van der Waals surface area contributed by atoms with Crippen molar-refractivity contribution < 1.29 is 18.8 Å². The molecule has 0 fully saturated rings. The molecule has 0 aliphatic heterocycles. The lowest BCUT2D eigenvalue weighted by atomic mass is 10.1. The van der Waals surface area contributed by atoms with Crippen LogP contribution in [0.3, 0.4) is 0 Å². The van der Waals surface area contributed by atoms with Crippen molar-refractivity contribution in [3.8, 4) is 0 Å². The van der Waals surface area contributed by atoms with Gasteiger partial charge in [-0.25, -0.2) is 4.79 Å². The molecule has 0 bridgehead atoms. The highest BCUT2D eigenvalue weighted by Gasteiger charge is 2.28. The van der Waals surface area contributed by atoms with Gasteiger partial charge in [0.25, 0.3) is 5.91 Å². The molecule has 0 spiro atoms. The second-order valence-corrected chi connectivity index (χ2v) is 6.25. The third kappa shape index (κ3) is 4.23. The summed E-state index contributed by atoms with van der Waals surface area (Å²) < 4.78 is 10.6. The highest BCUT2D eigenvalue weighted by Crippen LogP contribution is 2.23. The second-order valence-electron chi connectivity index (χ2n) is 6.25. The summed E-state index contributed by atoms with van der Waals surface area (Å²) in [5.74, 6) is -0.743. The number of aromatic nitrogens is 1. The Morgan fingerprint density at radius 2 is 1.67 bits per heavy atom. The lowest BCUT2D eigenvalue weighted by Gasteiger charge is -2.18. The van der Waals surface area contributed by atoms with E-state index in [4.69, 9.17) is 9.26 Å². The minimum Gasteiger partial charge on any atom is -0.444 e. The van der Waals surface area contributed by atoms with Crippen molar-refractivity contribution in [2.75, 3.05) is 5.32 Å². The van der Waals surface area contributed by atoms with E-state index in [2.05, 4.69) is 10.5 Å². The van der Waals surface area contributed by atoms with Crippen LogP contribution in [0.15, 0.2) is 59.1 Å². The Morgan fingerprint density at radius 1 is 1.00 bits per heavy atom. The number of nitrogens with zero attached hydrogens (tertiary/aromatic N) is 1. The van der Waals surface area contributed by atoms with Gasteiger partial charge in [-0.2, -0.15) is 0 Å². The maximum atomic E-state index is 12.8. The average molecular weight is 364 g/mol. The fourth-order valence-electron chi connectivity index (χ4n) is 2.69. The summed E-state index contributed by atoms with van der Waals surface area (Å²) in [6, 6.07) is 16.2. The summed E-state index contributed by atoms with van der Waals surface area (Å²) in [5.41, 5.74) is 2.93. The zero-order valence-electron chi connectivity index (χ0n) is 15.4. The summed E-state index contributed by atoms with van der Waals surface area (Å²) in [6.07, 6.45) is -1.10. The van der Waals surface area contributed by atoms with Crippen LogP contribution in [0.4, 0.5) is 5.69 Å². The normalized spacial score (nSPS) is 11.7. The van der Waals surface area contributed by atoms with Crippen molar-refractivity contribution in [3.05, 3.63) is 82.7 Å². The van der Waals surface area contributed by atoms with Gasteiger partial charge in [0.1, 0.15) is 11.3 Å². The second kappa shape index (κ2) is 7.86. The van der Waals surface area contributed by atoms with Gasteiger partial charge in [-0.1, -0.05) is 53.2 Å². The quantitative estimate of drug-likeness (QED) is 0.688. The number of carbonyl (C=O) groups is 2. The molecule has 6 nitrogen and oxygen atoms in total. The van der Waals surface area contributed by atoms with Crippen LogP contribution in [-0.4, -0.2) is 17.0 Å². The Labute approximate surface area is 157 Å². The van der Waals surface area contributed by atoms with Crippen LogP contribution < -0.4 is 5.32 Å². The third-order valence-electron chi connectivity index (χ3n) is 4.12. The molecule has 1 atom stereocenters. The average Bonchev–Trinajstić information content (AvgIpc) is 3.00. The van der Waals surface area contributed by atoms with E-state index in [1.54, 1.807) is 50.2 Å². The molecule has 1 amide bonds. The third-order valence-corrected chi connectivity index (χ3v) is 4.12. The first-order valence-corrected chi connectivity index (χ1v) is 8.52. The molecule has 1 aromatic heterocycles. The topological polar surface area (TPSA) is 81.4 Å². The molecular weight excluding hydrogens is 344 g/mol. The minimum absolute atomic E-state index is 0.235. The standard InChI is InChI=1S/C21H20N2O4/c1-13-9-11-17(12-10-13)22-20(24)19(16-7-5-4-6-8-16)26-21(25)18-14(2)23-27-15(18)3/h4-12,19H,1-3H3,(H,22,24)/t19-/m1/s1. The van der Waals surface area contributed by atoms with Crippen LogP contribution in [-0.2, 0) is 9.53 Å². The number of benzene rings is 2. The van der Waals surface area contributed by atoms with Gasteiger partial charge in [-0.3, -0.25) is 4.79 Å². The highest BCUT2D eigenvalue weighted by molar-refractivity contribution is 5.98. The largest absolute Gasteiger partial charge is 0.444 e. The van der Waals surface area contributed by atoms with Crippen LogP contribution in [0.25, 0.3) is 0 Å². The van der Waals surface area contributed by atoms with Crippen molar-refractivity contribution in [2.45, 2.75) is 26.9 Å². The van der Waals surface area contributed by atoms with Gasteiger partial charge < -0.3 is 14.6 Å². The van der Waals surface area contributed by atoms with Crippen molar-refractivity contribution in [2.24, 2.45) is 0 Å². The molecule has 3 rings (SSSR count). The maximum Gasteiger partial charge on any atom is 0.344 e. The Bertz CT molecular complexity index is 927. The van der Waals surface area contributed by atoms with Crippen LogP contribution >= 0.6 is 0 Å². The number of hydrogen-bond acceptors (Lipinski definition) is 5. The predicted molar refractivity (Wildman–Crippen MR) is 100 cm³/mol. The van der Waals surface area contributed by atoms with Crippen LogP contribution in [0.1, 0.15) is 39.0 Å². The fraction of sp³-hybridized carbons (Fsp3) is 0.190. The fourth-order valence-corrected chi connectivity index (χ4v) is 2.69. The summed E-state index contributed by atoms with van der Waals surface area (Å²) in [7, 11) is 0. The number of carbonyl (C=O) groups excluding carboxylic acids is 2. The Hall–Kier alpha value is -3.41. The Balaban J connectivity index is 1.86. The number of ether oxygens (including phenoxy) is 1. The van der Waals surface area contributed by atoms with Crippen molar-refractivity contribution >= 4 is 17.6 Å². The van der Waals surface area contributed by atoms with E-state index in [1.165, 1.54) is 0 Å². The summed E-state index contributed by atoms with van der Waals surface area (Å²) >= 11 is 0. The number of amides is 1. The van der Waals surface area contributed by atoms with E-state index in [1.807, 2.05) is 25.1 Å². The minimum atomic E-state index is -1.10. The molecule has 0 radical (unpaired) electrons. The molecule has 27 heavy (non-hydrogen) atoms. The molecule has 6 heteroatoms.